The summed E-state index contributed by atoms with van der Waals surface area (Å²) in [5.41, 5.74) is 2.56. The van der Waals surface area contributed by atoms with Crippen molar-refractivity contribution in [3.05, 3.63) is 51.2 Å². The van der Waals surface area contributed by atoms with Gasteiger partial charge in [0.1, 0.15) is 11.5 Å². The predicted octanol–water partition coefficient (Wildman–Crippen LogP) is 3.59. The number of hydrazone groups is 1. The van der Waals surface area contributed by atoms with E-state index in [1.54, 1.807) is 19.1 Å². The zero-order valence-corrected chi connectivity index (χ0v) is 12.7. The average molecular weight is 338 g/mol. The van der Waals surface area contributed by atoms with Gasteiger partial charge >= 0.3 is 6.09 Å². The Balaban J connectivity index is 2.11. The van der Waals surface area contributed by atoms with E-state index in [0.29, 0.717) is 17.1 Å². The lowest BCUT2D eigenvalue weighted by molar-refractivity contribution is -0.384. The van der Waals surface area contributed by atoms with Gasteiger partial charge in [-0.05, 0) is 25.1 Å². The summed E-state index contributed by atoms with van der Waals surface area (Å²) >= 11 is 6.03. The van der Waals surface area contributed by atoms with Crippen LogP contribution >= 0.6 is 11.6 Å². The van der Waals surface area contributed by atoms with Crippen LogP contribution in [-0.2, 0) is 4.74 Å². The Bertz CT molecular complexity index is 757. The molecule has 1 amide bonds. The highest BCUT2D eigenvalue weighted by atomic mass is 35.5. The molecule has 2 rings (SSSR count). The molecule has 9 heteroatoms. The van der Waals surface area contributed by atoms with Gasteiger partial charge in [-0.1, -0.05) is 11.6 Å². The lowest BCUT2D eigenvalue weighted by Gasteiger charge is -2.00. The van der Waals surface area contributed by atoms with Crippen molar-refractivity contribution in [1.29, 1.82) is 0 Å². The highest BCUT2D eigenvalue weighted by Crippen LogP contribution is 2.31. The molecule has 1 N–H and O–H groups in total. The number of non-ortho nitro benzene ring substituents is 1. The Hall–Kier alpha value is -2.87. The number of benzene rings is 1. The number of nitro groups is 1. The fourth-order valence-electron chi connectivity index (χ4n) is 1.70. The second kappa shape index (κ2) is 7.41. The summed E-state index contributed by atoms with van der Waals surface area (Å²) in [6.07, 6.45) is 0.619. The van der Waals surface area contributed by atoms with Crippen LogP contribution in [0.25, 0.3) is 11.3 Å². The largest absolute Gasteiger partial charge is 0.455 e. The first kappa shape index (κ1) is 16.5. The number of nitrogens with zero attached hydrogens (tertiary/aromatic N) is 2. The Morgan fingerprint density at radius 2 is 2.26 bits per heavy atom. The van der Waals surface area contributed by atoms with Crippen LogP contribution in [0.4, 0.5) is 10.5 Å². The molecular formula is C14H12ClN3O5. The molecule has 23 heavy (non-hydrogen) atoms. The van der Waals surface area contributed by atoms with E-state index in [0.717, 1.165) is 0 Å². The number of rotatable bonds is 5. The van der Waals surface area contributed by atoms with E-state index in [9.17, 15) is 14.9 Å². The summed E-state index contributed by atoms with van der Waals surface area (Å²) in [6.45, 7) is 1.92. The maximum atomic E-state index is 11.0. The van der Waals surface area contributed by atoms with Crippen molar-refractivity contribution in [3.8, 4) is 11.3 Å². The second-order valence-electron chi connectivity index (χ2n) is 4.21. The first-order valence-corrected chi connectivity index (χ1v) is 6.89. The van der Waals surface area contributed by atoms with E-state index < -0.39 is 11.0 Å². The van der Waals surface area contributed by atoms with E-state index >= 15 is 0 Å². The summed E-state index contributed by atoms with van der Waals surface area (Å²) in [4.78, 5) is 21.2. The molecule has 8 nitrogen and oxygen atoms in total. The van der Waals surface area contributed by atoms with Gasteiger partial charge in [0.05, 0.1) is 22.8 Å². The average Bonchev–Trinajstić information content (AvgIpc) is 2.96. The number of furan rings is 1. The standard InChI is InChI=1S/C14H12ClN3O5/c1-2-22-14(19)17-16-8-10-4-6-13(23-10)11-5-3-9(18(20)21)7-12(11)15/h3-8H,2H2,1H3,(H,17,19)/b16-8-. The molecule has 0 aliphatic heterocycles. The van der Waals surface area contributed by atoms with E-state index in [2.05, 4.69) is 15.3 Å². The Labute approximate surface area is 135 Å². The van der Waals surface area contributed by atoms with Gasteiger partial charge in [0.2, 0.25) is 0 Å². The number of nitro benzene ring substituents is 1. The summed E-state index contributed by atoms with van der Waals surface area (Å²) in [6, 6.07) is 7.33. The zero-order chi connectivity index (χ0) is 16.8. The van der Waals surface area contributed by atoms with Crippen molar-refractivity contribution < 1.29 is 18.9 Å². The number of ether oxygens (including phenoxy) is 1. The molecule has 0 fully saturated rings. The van der Waals surface area contributed by atoms with Crippen LogP contribution in [0, 0.1) is 10.1 Å². The summed E-state index contributed by atoms with van der Waals surface area (Å²) in [7, 11) is 0. The SMILES string of the molecule is CCOC(=O)N/N=C\c1ccc(-c2ccc([N+](=O)[O-])cc2Cl)o1. The number of nitrogens with one attached hydrogen (secondary N) is 1. The van der Waals surface area contributed by atoms with Crippen LogP contribution in [0.1, 0.15) is 12.7 Å². The molecule has 0 bridgehead atoms. The first-order valence-electron chi connectivity index (χ1n) is 6.51. The smallest absolute Gasteiger partial charge is 0.427 e. The second-order valence-corrected chi connectivity index (χ2v) is 4.62. The highest BCUT2D eigenvalue weighted by molar-refractivity contribution is 6.33. The number of carbonyl (C=O) groups excluding carboxylic acids is 1. The molecule has 0 spiro atoms. The number of halogens is 1. The predicted molar refractivity (Wildman–Crippen MR) is 83.6 cm³/mol. The van der Waals surface area contributed by atoms with Crippen LogP contribution in [0.5, 0.6) is 0 Å². The third-order valence-electron chi connectivity index (χ3n) is 2.68. The monoisotopic (exact) mass is 337 g/mol. The molecule has 0 aliphatic carbocycles. The van der Waals surface area contributed by atoms with Gasteiger partial charge in [0, 0.05) is 17.7 Å². The molecule has 0 atom stereocenters. The van der Waals surface area contributed by atoms with Gasteiger partial charge in [-0.15, -0.1) is 0 Å². The van der Waals surface area contributed by atoms with Crippen molar-refractivity contribution in [2.24, 2.45) is 5.10 Å². The first-order chi connectivity index (χ1) is 11.0. The third kappa shape index (κ3) is 4.30. The summed E-state index contributed by atoms with van der Waals surface area (Å²) in [5.74, 6) is 0.786. The fraction of sp³-hybridized carbons (Fsp3) is 0.143. The van der Waals surface area contributed by atoms with Crippen LogP contribution < -0.4 is 5.43 Å². The van der Waals surface area contributed by atoms with Gasteiger partial charge in [-0.25, -0.2) is 10.2 Å². The Kier molecular flexibility index (Phi) is 5.32. The maximum Gasteiger partial charge on any atom is 0.427 e. The molecule has 1 aromatic heterocycles. The lowest BCUT2D eigenvalue weighted by atomic mass is 10.1. The van der Waals surface area contributed by atoms with Crippen molar-refractivity contribution in [3.63, 3.8) is 0 Å². The quantitative estimate of drug-likeness (QED) is 0.509. The van der Waals surface area contributed by atoms with Crippen molar-refractivity contribution in [2.45, 2.75) is 6.92 Å². The van der Waals surface area contributed by atoms with Crippen molar-refractivity contribution in [1.82, 2.24) is 5.43 Å². The molecule has 0 radical (unpaired) electrons. The summed E-state index contributed by atoms with van der Waals surface area (Å²) in [5, 5.41) is 14.5. The third-order valence-corrected chi connectivity index (χ3v) is 2.99. The molecule has 0 aliphatic rings. The molecule has 0 saturated heterocycles. The van der Waals surface area contributed by atoms with Gasteiger partial charge in [-0.3, -0.25) is 10.1 Å². The van der Waals surface area contributed by atoms with E-state index in [-0.39, 0.29) is 17.3 Å². The molecule has 0 unspecified atom stereocenters. The topological polar surface area (TPSA) is 107 Å². The zero-order valence-electron chi connectivity index (χ0n) is 12.0. The molecule has 120 valence electrons. The highest BCUT2D eigenvalue weighted by Gasteiger charge is 2.13. The van der Waals surface area contributed by atoms with Gasteiger partial charge in [-0.2, -0.15) is 5.10 Å². The lowest BCUT2D eigenvalue weighted by Crippen LogP contribution is -2.18. The van der Waals surface area contributed by atoms with Crippen LogP contribution in [0.15, 0.2) is 39.9 Å². The van der Waals surface area contributed by atoms with Crippen molar-refractivity contribution >= 4 is 29.6 Å². The van der Waals surface area contributed by atoms with Gasteiger partial charge in [0.25, 0.3) is 5.69 Å². The van der Waals surface area contributed by atoms with Gasteiger partial charge in [0.15, 0.2) is 0 Å². The molecule has 1 aromatic carbocycles. The number of amides is 1. The van der Waals surface area contributed by atoms with Crippen molar-refractivity contribution in [2.75, 3.05) is 6.61 Å². The van der Waals surface area contributed by atoms with Gasteiger partial charge < -0.3 is 9.15 Å². The van der Waals surface area contributed by atoms with E-state index in [4.69, 9.17) is 16.0 Å². The van der Waals surface area contributed by atoms with E-state index in [1.807, 2.05) is 0 Å². The molecular weight excluding hydrogens is 326 g/mol. The van der Waals surface area contributed by atoms with Crippen LogP contribution in [0.3, 0.4) is 0 Å². The molecule has 1 heterocycles. The number of hydrogen-bond donors (Lipinski definition) is 1. The molecule has 2 aromatic rings. The Morgan fingerprint density at radius 1 is 1.48 bits per heavy atom. The minimum Gasteiger partial charge on any atom is -0.455 e. The minimum absolute atomic E-state index is 0.106. The number of carbonyl (C=O) groups is 1. The normalized spacial score (nSPS) is 10.7. The maximum absolute atomic E-state index is 11.0. The van der Waals surface area contributed by atoms with Crippen LogP contribution in [0.2, 0.25) is 5.02 Å². The Morgan fingerprint density at radius 3 is 2.91 bits per heavy atom. The number of hydrogen-bond acceptors (Lipinski definition) is 6. The fourth-order valence-corrected chi connectivity index (χ4v) is 1.96. The van der Waals surface area contributed by atoms with Crippen LogP contribution in [-0.4, -0.2) is 23.8 Å². The van der Waals surface area contributed by atoms with E-state index in [1.165, 1.54) is 24.4 Å². The summed E-state index contributed by atoms with van der Waals surface area (Å²) < 4.78 is 10.1. The minimum atomic E-state index is -0.672. The molecule has 0 saturated carbocycles.